The summed E-state index contributed by atoms with van der Waals surface area (Å²) in [5.41, 5.74) is 5.03. The molecule has 0 aliphatic rings. The van der Waals surface area contributed by atoms with Crippen LogP contribution in [0.2, 0.25) is 0 Å². The van der Waals surface area contributed by atoms with Gasteiger partial charge < -0.3 is 5.73 Å². The molecule has 0 fully saturated rings. The zero-order valence-electron chi connectivity index (χ0n) is 6.27. The summed E-state index contributed by atoms with van der Waals surface area (Å²) in [7, 11) is 0. The maximum Gasteiger partial charge on any atom is 0.231 e. The lowest BCUT2D eigenvalue weighted by molar-refractivity contribution is -0.117. The molecule has 0 heterocycles. The molecule has 0 aromatic rings. The first-order valence-corrected chi connectivity index (χ1v) is 4.53. The van der Waals surface area contributed by atoms with Gasteiger partial charge in [-0.2, -0.15) is 0 Å². The molecule has 0 spiro atoms. The minimum absolute atomic E-state index is 0.126. The molecule has 60 valence electrons. The first-order chi connectivity index (χ1) is 4.68. The summed E-state index contributed by atoms with van der Waals surface area (Å²) in [5.74, 6) is -0.254. The topological polar surface area (TPSA) is 43.1 Å². The van der Waals surface area contributed by atoms with Crippen molar-refractivity contribution >= 4 is 21.8 Å². The van der Waals surface area contributed by atoms with Crippen molar-refractivity contribution in [2.24, 2.45) is 5.73 Å². The van der Waals surface area contributed by atoms with E-state index >= 15 is 0 Å². The largest absolute Gasteiger partial charge is 0.369 e. The Balaban J connectivity index is 3.21. The number of rotatable bonds is 5. The van der Waals surface area contributed by atoms with Gasteiger partial charge in [-0.3, -0.25) is 4.79 Å². The van der Waals surface area contributed by atoms with E-state index in [9.17, 15) is 4.79 Å². The van der Waals surface area contributed by atoms with Crippen molar-refractivity contribution in [3.05, 3.63) is 0 Å². The lowest BCUT2D eigenvalue weighted by atomic mass is 10.1. The van der Waals surface area contributed by atoms with Crippen molar-refractivity contribution in [1.82, 2.24) is 0 Å². The van der Waals surface area contributed by atoms with Crippen molar-refractivity contribution in [2.45, 2.75) is 37.4 Å². The monoisotopic (exact) mass is 207 g/mol. The number of amides is 1. The van der Waals surface area contributed by atoms with Crippen LogP contribution in [0.15, 0.2) is 0 Å². The number of primary amides is 1. The van der Waals surface area contributed by atoms with Crippen LogP contribution in [-0.4, -0.2) is 10.7 Å². The standard InChI is InChI=1S/C7H14BrNO/c1-2-3-4-5-6(8)7(9)10/h6H,2-5H2,1H3,(H2,9,10). The Morgan fingerprint density at radius 1 is 1.60 bits per heavy atom. The highest BCUT2D eigenvalue weighted by molar-refractivity contribution is 9.10. The summed E-state index contributed by atoms with van der Waals surface area (Å²) in [5, 5.41) is 0. The van der Waals surface area contributed by atoms with E-state index in [0.717, 1.165) is 12.8 Å². The average Bonchev–Trinajstić information content (AvgIpc) is 1.88. The fourth-order valence-corrected chi connectivity index (χ4v) is 1.04. The third kappa shape index (κ3) is 4.79. The molecule has 0 aliphatic carbocycles. The molecule has 2 nitrogen and oxygen atoms in total. The normalized spacial score (nSPS) is 13.0. The van der Waals surface area contributed by atoms with Gasteiger partial charge in [0, 0.05) is 0 Å². The number of alkyl halides is 1. The van der Waals surface area contributed by atoms with E-state index in [0.29, 0.717) is 0 Å². The van der Waals surface area contributed by atoms with Crippen LogP contribution in [0.25, 0.3) is 0 Å². The van der Waals surface area contributed by atoms with Crippen LogP contribution >= 0.6 is 15.9 Å². The summed E-state index contributed by atoms with van der Waals surface area (Å²) in [4.78, 5) is 10.3. The van der Waals surface area contributed by atoms with Gasteiger partial charge >= 0.3 is 0 Å². The fraction of sp³-hybridized carbons (Fsp3) is 0.857. The average molecular weight is 208 g/mol. The number of hydrogen-bond donors (Lipinski definition) is 1. The molecular weight excluding hydrogens is 194 g/mol. The summed E-state index contributed by atoms with van der Waals surface area (Å²) in [6, 6.07) is 0. The van der Waals surface area contributed by atoms with Gasteiger partial charge in [-0.05, 0) is 6.42 Å². The minimum atomic E-state index is -0.254. The molecule has 1 unspecified atom stereocenters. The second kappa shape index (κ2) is 5.71. The highest BCUT2D eigenvalue weighted by Crippen LogP contribution is 2.09. The van der Waals surface area contributed by atoms with E-state index in [4.69, 9.17) is 5.73 Å². The first kappa shape index (κ1) is 9.95. The minimum Gasteiger partial charge on any atom is -0.369 e. The van der Waals surface area contributed by atoms with Crippen molar-refractivity contribution in [3.8, 4) is 0 Å². The van der Waals surface area contributed by atoms with Gasteiger partial charge in [-0.25, -0.2) is 0 Å². The Hall–Kier alpha value is -0.0500. The van der Waals surface area contributed by atoms with Crippen LogP contribution in [0, 0.1) is 0 Å². The van der Waals surface area contributed by atoms with Crippen LogP contribution in [0.5, 0.6) is 0 Å². The molecule has 0 aliphatic heterocycles. The molecule has 1 amide bonds. The van der Waals surface area contributed by atoms with Crippen LogP contribution in [0.4, 0.5) is 0 Å². The number of carbonyl (C=O) groups excluding carboxylic acids is 1. The molecule has 10 heavy (non-hydrogen) atoms. The SMILES string of the molecule is CCCCCC(Br)C(N)=O. The fourth-order valence-electron chi connectivity index (χ4n) is 0.716. The van der Waals surface area contributed by atoms with Crippen LogP contribution < -0.4 is 5.73 Å². The quantitative estimate of drug-likeness (QED) is 0.543. The van der Waals surface area contributed by atoms with E-state index in [1.807, 2.05) is 0 Å². The number of halogens is 1. The van der Waals surface area contributed by atoms with E-state index < -0.39 is 0 Å². The van der Waals surface area contributed by atoms with E-state index in [-0.39, 0.29) is 10.7 Å². The van der Waals surface area contributed by atoms with Gasteiger partial charge in [0.05, 0.1) is 4.83 Å². The Bertz CT molecular complexity index is 106. The number of carbonyl (C=O) groups is 1. The maximum absolute atomic E-state index is 10.5. The Kier molecular flexibility index (Phi) is 5.69. The molecule has 0 aromatic heterocycles. The Labute approximate surface area is 70.3 Å². The third-order valence-electron chi connectivity index (χ3n) is 1.37. The van der Waals surface area contributed by atoms with E-state index in [2.05, 4.69) is 22.9 Å². The molecule has 0 bridgehead atoms. The highest BCUT2D eigenvalue weighted by Gasteiger charge is 2.08. The Morgan fingerprint density at radius 2 is 2.20 bits per heavy atom. The summed E-state index contributed by atoms with van der Waals surface area (Å²) in [6.07, 6.45) is 4.30. The highest BCUT2D eigenvalue weighted by atomic mass is 79.9. The summed E-state index contributed by atoms with van der Waals surface area (Å²) < 4.78 is 0. The summed E-state index contributed by atoms with van der Waals surface area (Å²) in [6.45, 7) is 2.13. The molecule has 1 atom stereocenters. The zero-order valence-corrected chi connectivity index (χ0v) is 7.86. The van der Waals surface area contributed by atoms with Gasteiger partial charge in [0.2, 0.25) is 5.91 Å². The van der Waals surface area contributed by atoms with Gasteiger partial charge in [0.15, 0.2) is 0 Å². The van der Waals surface area contributed by atoms with Gasteiger partial charge in [0.25, 0.3) is 0 Å². The van der Waals surface area contributed by atoms with Gasteiger partial charge in [-0.15, -0.1) is 0 Å². The smallest absolute Gasteiger partial charge is 0.231 e. The lowest BCUT2D eigenvalue weighted by Crippen LogP contribution is -2.22. The third-order valence-corrected chi connectivity index (χ3v) is 2.28. The molecule has 2 N–H and O–H groups in total. The second-order valence-electron chi connectivity index (χ2n) is 2.37. The Morgan fingerprint density at radius 3 is 2.60 bits per heavy atom. The molecule has 0 saturated heterocycles. The van der Waals surface area contributed by atoms with Crippen LogP contribution in [0.3, 0.4) is 0 Å². The first-order valence-electron chi connectivity index (χ1n) is 3.62. The maximum atomic E-state index is 10.5. The molecule has 0 rings (SSSR count). The van der Waals surface area contributed by atoms with E-state index in [1.54, 1.807) is 0 Å². The molecular formula is C7H14BrNO. The molecule has 0 saturated carbocycles. The summed E-state index contributed by atoms with van der Waals surface area (Å²) >= 11 is 3.20. The molecule has 3 heteroatoms. The van der Waals surface area contributed by atoms with Crippen molar-refractivity contribution in [2.75, 3.05) is 0 Å². The van der Waals surface area contributed by atoms with Crippen LogP contribution in [0.1, 0.15) is 32.6 Å². The van der Waals surface area contributed by atoms with E-state index in [1.165, 1.54) is 12.8 Å². The lowest BCUT2D eigenvalue weighted by Gasteiger charge is -2.02. The van der Waals surface area contributed by atoms with Crippen molar-refractivity contribution in [3.63, 3.8) is 0 Å². The zero-order chi connectivity index (χ0) is 7.98. The predicted octanol–water partition coefficient (Wildman–Crippen LogP) is 1.82. The number of hydrogen-bond acceptors (Lipinski definition) is 1. The van der Waals surface area contributed by atoms with Crippen molar-refractivity contribution in [1.29, 1.82) is 0 Å². The second-order valence-corrected chi connectivity index (χ2v) is 3.47. The van der Waals surface area contributed by atoms with Crippen molar-refractivity contribution < 1.29 is 4.79 Å². The van der Waals surface area contributed by atoms with Crippen LogP contribution in [-0.2, 0) is 4.79 Å². The molecule has 0 radical (unpaired) electrons. The van der Waals surface area contributed by atoms with Gasteiger partial charge in [-0.1, -0.05) is 42.1 Å². The molecule has 0 aromatic carbocycles. The van der Waals surface area contributed by atoms with Gasteiger partial charge in [0.1, 0.15) is 0 Å². The predicted molar refractivity (Wildman–Crippen MR) is 46.1 cm³/mol. The number of nitrogens with two attached hydrogens (primary N) is 1. The number of unbranched alkanes of at least 4 members (excludes halogenated alkanes) is 2.